The second kappa shape index (κ2) is 6.71. The fourth-order valence-electron chi connectivity index (χ4n) is 4.07. The molecule has 2 bridgehead atoms. The summed E-state index contributed by atoms with van der Waals surface area (Å²) in [5.74, 6) is -0.539. The van der Waals surface area contributed by atoms with Gasteiger partial charge < -0.3 is 9.47 Å². The Morgan fingerprint density at radius 1 is 1.17 bits per heavy atom. The number of carbonyl (C=O) groups is 2. The molecule has 3 rings (SSSR count). The molecule has 2 fully saturated rings. The predicted molar refractivity (Wildman–Crippen MR) is 84.5 cm³/mol. The summed E-state index contributed by atoms with van der Waals surface area (Å²) in [6, 6.07) is 10.4. The van der Waals surface area contributed by atoms with E-state index in [1.807, 2.05) is 18.2 Å². The molecule has 1 aromatic rings. The molecule has 23 heavy (non-hydrogen) atoms. The quantitative estimate of drug-likeness (QED) is 0.797. The largest absolute Gasteiger partial charge is 0.469 e. The molecule has 2 aliphatic rings. The number of nitrogens with zero attached hydrogens (tertiary/aromatic N) is 1. The van der Waals surface area contributed by atoms with E-state index in [4.69, 9.17) is 9.47 Å². The Morgan fingerprint density at radius 2 is 1.91 bits per heavy atom. The van der Waals surface area contributed by atoms with Gasteiger partial charge in [0, 0.05) is 25.6 Å². The van der Waals surface area contributed by atoms with Crippen LogP contribution < -0.4 is 0 Å². The van der Waals surface area contributed by atoms with Crippen molar-refractivity contribution in [3.05, 3.63) is 35.9 Å². The lowest BCUT2D eigenvalue weighted by molar-refractivity contribution is -0.153. The molecule has 2 heterocycles. The highest BCUT2D eigenvalue weighted by Gasteiger charge is 2.51. The average molecular weight is 317 g/mol. The first kappa shape index (κ1) is 16.0. The minimum atomic E-state index is -0.255. The topological polar surface area (TPSA) is 55.8 Å². The molecule has 5 heteroatoms. The van der Waals surface area contributed by atoms with Gasteiger partial charge in [-0.25, -0.2) is 0 Å². The summed E-state index contributed by atoms with van der Waals surface area (Å²) in [5, 5.41) is 0. The maximum absolute atomic E-state index is 12.1. The van der Waals surface area contributed by atoms with Gasteiger partial charge >= 0.3 is 11.9 Å². The minimum absolute atomic E-state index is 0.0851. The Bertz CT molecular complexity index is 574. The highest BCUT2D eigenvalue weighted by Crippen LogP contribution is 2.42. The number of hydrogen-bond acceptors (Lipinski definition) is 5. The molecular weight excluding hydrogens is 294 g/mol. The second-order valence-electron chi connectivity index (χ2n) is 6.38. The number of hydrogen-bond donors (Lipinski definition) is 0. The molecule has 0 amide bonds. The van der Waals surface area contributed by atoms with E-state index in [0.29, 0.717) is 6.42 Å². The lowest BCUT2D eigenvalue weighted by Gasteiger charge is -2.39. The van der Waals surface area contributed by atoms with Crippen LogP contribution in [0.3, 0.4) is 0 Å². The van der Waals surface area contributed by atoms with Crippen LogP contribution >= 0.6 is 0 Å². The molecule has 0 saturated carbocycles. The zero-order valence-electron chi connectivity index (χ0n) is 13.6. The van der Waals surface area contributed by atoms with E-state index in [0.717, 1.165) is 19.4 Å². The fraction of sp³-hybridized carbons (Fsp3) is 0.556. The number of benzene rings is 1. The van der Waals surface area contributed by atoms with Crippen LogP contribution in [0.4, 0.5) is 0 Å². The van der Waals surface area contributed by atoms with E-state index in [1.165, 1.54) is 19.6 Å². The van der Waals surface area contributed by atoms with Crippen molar-refractivity contribution in [2.45, 2.75) is 50.9 Å². The van der Waals surface area contributed by atoms with Crippen LogP contribution in [0.2, 0.25) is 0 Å². The summed E-state index contributed by atoms with van der Waals surface area (Å²) >= 11 is 0. The molecule has 2 aliphatic heterocycles. The molecule has 0 aromatic heterocycles. The van der Waals surface area contributed by atoms with Gasteiger partial charge in [-0.1, -0.05) is 30.3 Å². The van der Waals surface area contributed by atoms with Crippen LogP contribution in [-0.4, -0.2) is 42.1 Å². The first-order chi connectivity index (χ1) is 11.1. The van der Waals surface area contributed by atoms with Crippen LogP contribution in [-0.2, 0) is 25.6 Å². The van der Waals surface area contributed by atoms with Crippen LogP contribution in [0.5, 0.6) is 0 Å². The summed E-state index contributed by atoms with van der Waals surface area (Å²) in [6.07, 6.45) is 2.22. The molecule has 124 valence electrons. The predicted octanol–water partition coefficient (Wildman–Crippen LogP) is 2.14. The Morgan fingerprint density at radius 3 is 2.57 bits per heavy atom. The average Bonchev–Trinajstić information content (AvgIpc) is 2.78. The molecule has 0 aliphatic carbocycles. The Balaban J connectivity index is 1.83. The zero-order valence-corrected chi connectivity index (χ0v) is 13.6. The highest BCUT2D eigenvalue weighted by molar-refractivity contribution is 5.74. The van der Waals surface area contributed by atoms with E-state index in [9.17, 15) is 9.59 Å². The zero-order chi connectivity index (χ0) is 16.4. The van der Waals surface area contributed by atoms with E-state index in [1.54, 1.807) is 0 Å². The monoisotopic (exact) mass is 317 g/mol. The van der Waals surface area contributed by atoms with Crippen molar-refractivity contribution >= 4 is 11.9 Å². The Kier molecular flexibility index (Phi) is 4.66. The third-order valence-electron chi connectivity index (χ3n) is 5.02. The molecule has 0 N–H and O–H groups in total. The standard InChI is InChI=1S/C18H23NO4/c1-12(20)23-17-9-8-15-14(18(21)22-2)10-16(17)19(15)11-13-6-4-3-5-7-13/h3-7,14-17H,8-11H2,1-2H3/t14-,15+,16+,17+/m0/s1. The van der Waals surface area contributed by atoms with Gasteiger partial charge in [0.05, 0.1) is 13.0 Å². The summed E-state index contributed by atoms with van der Waals surface area (Å²) in [6.45, 7) is 2.21. The molecule has 5 nitrogen and oxygen atoms in total. The van der Waals surface area contributed by atoms with E-state index >= 15 is 0 Å². The van der Waals surface area contributed by atoms with Crippen LogP contribution in [0.1, 0.15) is 31.7 Å². The van der Waals surface area contributed by atoms with Gasteiger partial charge in [0.1, 0.15) is 6.10 Å². The number of fused-ring (bicyclic) bond motifs is 2. The molecular formula is C18H23NO4. The third kappa shape index (κ3) is 3.24. The lowest BCUT2D eigenvalue weighted by Crippen LogP contribution is -2.49. The van der Waals surface area contributed by atoms with E-state index in [-0.39, 0.29) is 36.0 Å². The molecule has 0 radical (unpaired) electrons. The minimum Gasteiger partial charge on any atom is -0.469 e. The van der Waals surface area contributed by atoms with Crippen LogP contribution in [0.15, 0.2) is 30.3 Å². The smallest absolute Gasteiger partial charge is 0.310 e. The maximum atomic E-state index is 12.1. The number of methoxy groups -OCH3 is 1. The summed E-state index contributed by atoms with van der Waals surface area (Å²) in [4.78, 5) is 25.8. The second-order valence-corrected chi connectivity index (χ2v) is 6.38. The van der Waals surface area contributed by atoms with Crippen molar-refractivity contribution < 1.29 is 19.1 Å². The van der Waals surface area contributed by atoms with Gasteiger partial charge in [-0.05, 0) is 24.8 Å². The fourth-order valence-corrected chi connectivity index (χ4v) is 4.07. The molecule has 0 spiro atoms. The van der Waals surface area contributed by atoms with Crippen molar-refractivity contribution in [3.63, 3.8) is 0 Å². The van der Waals surface area contributed by atoms with Gasteiger partial charge in [-0.15, -0.1) is 0 Å². The normalized spacial score (nSPS) is 30.0. The third-order valence-corrected chi connectivity index (χ3v) is 5.02. The summed E-state index contributed by atoms with van der Waals surface area (Å²) in [7, 11) is 1.44. The van der Waals surface area contributed by atoms with Crippen molar-refractivity contribution in [2.75, 3.05) is 7.11 Å². The molecule has 4 atom stereocenters. The van der Waals surface area contributed by atoms with Crippen molar-refractivity contribution in [1.82, 2.24) is 4.90 Å². The van der Waals surface area contributed by atoms with Crippen molar-refractivity contribution in [1.29, 1.82) is 0 Å². The van der Waals surface area contributed by atoms with Crippen molar-refractivity contribution in [2.24, 2.45) is 5.92 Å². The molecule has 2 saturated heterocycles. The number of carbonyl (C=O) groups excluding carboxylic acids is 2. The van der Waals surface area contributed by atoms with E-state index < -0.39 is 0 Å². The Hall–Kier alpha value is -1.88. The van der Waals surface area contributed by atoms with Gasteiger partial charge in [0.15, 0.2) is 0 Å². The SMILES string of the molecule is COC(=O)[C@H]1C[C@@H]2[C@H](OC(C)=O)CC[C@H]1N2Cc1ccccc1. The lowest BCUT2D eigenvalue weighted by atomic mass is 9.96. The number of rotatable bonds is 4. The van der Waals surface area contributed by atoms with Gasteiger partial charge in [0.25, 0.3) is 0 Å². The number of piperidine rings is 1. The van der Waals surface area contributed by atoms with E-state index in [2.05, 4.69) is 17.0 Å². The van der Waals surface area contributed by atoms with Gasteiger partial charge in [0.2, 0.25) is 0 Å². The van der Waals surface area contributed by atoms with Crippen molar-refractivity contribution in [3.8, 4) is 0 Å². The van der Waals surface area contributed by atoms with Crippen LogP contribution in [0.25, 0.3) is 0 Å². The van der Waals surface area contributed by atoms with Crippen LogP contribution in [0, 0.1) is 5.92 Å². The first-order valence-electron chi connectivity index (χ1n) is 8.15. The summed E-state index contributed by atoms with van der Waals surface area (Å²) in [5.41, 5.74) is 1.21. The number of esters is 2. The molecule has 1 aromatic carbocycles. The van der Waals surface area contributed by atoms with Gasteiger partial charge in [-0.3, -0.25) is 14.5 Å². The molecule has 0 unspecified atom stereocenters. The summed E-state index contributed by atoms with van der Waals surface area (Å²) < 4.78 is 10.5. The maximum Gasteiger partial charge on any atom is 0.310 e. The van der Waals surface area contributed by atoms with Gasteiger partial charge in [-0.2, -0.15) is 0 Å². The Labute approximate surface area is 136 Å². The number of ether oxygens (including phenoxy) is 2. The highest BCUT2D eigenvalue weighted by atomic mass is 16.5. The first-order valence-corrected chi connectivity index (χ1v) is 8.15.